The van der Waals surface area contributed by atoms with Crippen LogP contribution in [-0.2, 0) is 0 Å². The van der Waals surface area contributed by atoms with Crippen LogP contribution in [0.25, 0.3) is 11.3 Å². The van der Waals surface area contributed by atoms with Gasteiger partial charge in [-0.3, -0.25) is 5.10 Å². The molecule has 1 aromatic carbocycles. The summed E-state index contributed by atoms with van der Waals surface area (Å²) in [4.78, 5) is 0. The predicted molar refractivity (Wildman–Crippen MR) is 69.4 cm³/mol. The van der Waals surface area contributed by atoms with Crippen LogP contribution >= 0.6 is 0 Å². The van der Waals surface area contributed by atoms with E-state index in [1.807, 2.05) is 25.2 Å². The van der Waals surface area contributed by atoms with Gasteiger partial charge < -0.3 is 5.32 Å². The molecule has 0 aliphatic heterocycles. The minimum absolute atomic E-state index is 0.874. The molecule has 17 heavy (non-hydrogen) atoms. The summed E-state index contributed by atoms with van der Waals surface area (Å²) in [6.07, 6.45) is 2.62. The van der Waals surface area contributed by atoms with Gasteiger partial charge in [0.15, 0.2) is 0 Å². The quantitative estimate of drug-likeness (QED) is 0.620. The first-order valence-corrected chi connectivity index (χ1v) is 5.63. The molecule has 0 atom stereocenters. The maximum Gasteiger partial charge on any atom is 0.0650 e. The fourth-order valence-corrected chi connectivity index (χ4v) is 1.50. The van der Waals surface area contributed by atoms with Crippen LogP contribution in [-0.4, -0.2) is 23.8 Å². The number of nitrogens with one attached hydrogen (secondary N) is 2. The van der Waals surface area contributed by atoms with Crippen LogP contribution in [0.3, 0.4) is 0 Å². The number of aromatic nitrogens is 2. The highest BCUT2D eigenvalue weighted by atomic mass is 15.1. The number of H-pyrrole nitrogens is 1. The lowest BCUT2D eigenvalue weighted by Gasteiger charge is -1.97. The van der Waals surface area contributed by atoms with E-state index in [9.17, 15) is 0 Å². The van der Waals surface area contributed by atoms with Gasteiger partial charge in [0.05, 0.1) is 5.69 Å². The van der Waals surface area contributed by atoms with Crippen molar-refractivity contribution in [3.63, 3.8) is 0 Å². The second-order valence-electron chi connectivity index (χ2n) is 3.70. The molecule has 0 fully saturated rings. The van der Waals surface area contributed by atoms with Crippen molar-refractivity contribution in [1.82, 2.24) is 15.5 Å². The number of nitrogens with zero attached hydrogens (tertiary/aromatic N) is 1. The Morgan fingerprint density at radius 2 is 2.06 bits per heavy atom. The first-order chi connectivity index (χ1) is 8.40. The molecule has 0 amide bonds. The first kappa shape index (κ1) is 11.4. The molecule has 3 nitrogen and oxygen atoms in total. The van der Waals surface area contributed by atoms with E-state index in [1.54, 1.807) is 6.20 Å². The van der Waals surface area contributed by atoms with E-state index in [0.717, 1.165) is 29.8 Å². The van der Waals surface area contributed by atoms with E-state index in [1.165, 1.54) is 0 Å². The monoisotopic (exact) mass is 225 g/mol. The summed E-state index contributed by atoms with van der Waals surface area (Å²) < 4.78 is 0. The van der Waals surface area contributed by atoms with Gasteiger partial charge in [-0.15, -0.1) is 0 Å². The third-order valence-electron chi connectivity index (χ3n) is 2.43. The molecule has 1 aromatic heterocycles. The van der Waals surface area contributed by atoms with Crippen molar-refractivity contribution in [3.05, 3.63) is 42.1 Å². The molecular formula is C14H15N3. The summed E-state index contributed by atoms with van der Waals surface area (Å²) in [5.74, 6) is 6.26. The molecule has 2 rings (SSSR count). The molecule has 0 saturated carbocycles. The average Bonchev–Trinajstić information content (AvgIpc) is 2.89. The molecule has 0 aliphatic rings. The minimum Gasteiger partial charge on any atom is -0.319 e. The Hall–Kier alpha value is -2.05. The van der Waals surface area contributed by atoms with Gasteiger partial charge in [-0.25, -0.2) is 0 Å². The van der Waals surface area contributed by atoms with Crippen molar-refractivity contribution in [2.45, 2.75) is 6.42 Å². The van der Waals surface area contributed by atoms with Crippen molar-refractivity contribution in [2.24, 2.45) is 0 Å². The third-order valence-corrected chi connectivity index (χ3v) is 2.43. The lowest BCUT2D eigenvalue weighted by molar-refractivity contribution is 0.818. The Labute approximate surface area is 101 Å². The zero-order valence-corrected chi connectivity index (χ0v) is 9.83. The van der Waals surface area contributed by atoms with Gasteiger partial charge >= 0.3 is 0 Å². The van der Waals surface area contributed by atoms with Crippen LogP contribution in [0.1, 0.15) is 12.0 Å². The summed E-state index contributed by atoms with van der Waals surface area (Å²) in [5.41, 5.74) is 3.20. The van der Waals surface area contributed by atoms with Crippen molar-refractivity contribution in [3.8, 4) is 23.1 Å². The summed E-state index contributed by atoms with van der Waals surface area (Å²) >= 11 is 0. The van der Waals surface area contributed by atoms with Gasteiger partial charge in [-0.05, 0) is 30.8 Å². The fourth-order valence-electron chi connectivity index (χ4n) is 1.50. The van der Waals surface area contributed by atoms with Gasteiger partial charge in [0.25, 0.3) is 0 Å². The number of rotatable bonds is 3. The summed E-state index contributed by atoms with van der Waals surface area (Å²) in [5, 5.41) is 9.94. The van der Waals surface area contributed by atoms with Gasteiger partial charge in [-0.2, -0.15) is 5.10 Å². The van der Waals surface area contributed by atoms with Crippen LogP contribution in [0.2, 0.25) is 0 Å². The van der Waals surface area contributed by atoms with E-state index in [4.69, 9.17) is 0 Å². The van der Waals surface area contributed by atoms with E-state index < -0.39 is 0 Å². The van der Waals surface area contributed by atoms with Crippen LogP contribution in [0.5, 0.6) is 0 Å². The van der Waals surface area contributed by atoms with Gasteiger partial charge in [-0.1, -0.05) is 24.0 Å². The van der Waals surface area contributed by atoms with Crippen LogP contribution < -0.4 is 5.32 Å². The van der Waals surface area contributed by atoms with Crippen LogP contribution in [0, 0.1) is 11.8 Å². The lowest BCUT2D eigenvalue weighted by Crippen LogP contribution is -2.05. The number of hydrogen-bond acceptors (Lipinski definition) is 2. The molecule has 0 aliphatic carbocycles. The Balaban J connectivity index is 2.05. The second kappa shape index (κ2) is 5.88. The summed E-state index contributed by atoms with van der Waals surface area (Å²) in [6.45, 7) is 0.930. The standard InChI is InChI=1S/C14H15N3/c1-15-10-3-2-4-12-5-7-13(8-6-12)14-9-11-16-17-14/h5-9,11,15H,3,10H2,1H3,(H,16,17). The molecule has 0 bridgehead atoms. The van der Waals surface area contributed by atoms with Gasteiger partial charge in [0, 0.05) is 24.7 Å². The molecule has 0 radical (unpaired) electrons. The smallest absolute Gasteiger partial charge is 0.0650 e. The minimum atomic E-state index is 0.874. The zero-order chi connectivity index (χ0) is 11.9. The van der Waals surface area contributed by atoms with Gasteiger partial charge in [0.2, 0.25) is 0 Å². The van der Waals surface area contributed by atoms with Crippen LogP contribution in [0.15, 0.2) is 36.5 Å². The Morgan fingerprint density at radius 3 is 2.71 bits per heavy atom. The summed E-state index contributed by atoms with van der Waals surface area (Å²) in [6, 6.07) is 10.1. The van der Waals surface area contributed by atoms with E-state index in [-0.39, 0.29) is 0 Å². The first-order valence-electron chi connectivity index (χ1n) is 5.63. The number of aromatic amines is 1. The highest BCUT2D eigenvalue weighted by molar-refractivity contribution is 5.59. The molecule has 0 unspecified atom stereocenters. The fraction of sp³-hybridized carbons (Fsp3) is 0.214. The highest BCUT2D eigenvalue weighted by Crippen LogP contribution is 2.16. The van der Waals surface area contributed by atoms with E-state index in [2.05, 4.69) is 39.5 Å². The largest absolute Gasteiger partial charge is 0.319 e. The second-order valence-corrected chi connectivity index (χ2v) is 3.70. The molecule has 0 saturated heterocycles. The molecule has 1 heterocycles. The number of benzene rings is 1. The molecule has 2 aromatic rings. The van der Waals surface area contributed by atoms with E-state index >= 15 is 0 Å². The molecular weight excluding hydrogens is 210 g/mol. The van der Waals surface area contributed by atoms with Crippen molar-refractivity contribution in [1.29, 1.82) is 0 Å². The molecule has 0 spiro atoms. The van der Waals surface area contributed by atoms with Crippen molar-refractivity contribution >= 4 is 0 Å². The Kier molecular flexibility index (Phi) is 3.95. The van der Waals surface area contributed by atoms with Gasteiger partial charge in [0.1, 0.15) is 0 Å². The van der Waals surface area contributed by atoms with Crippen molar-refractivity contribution in [2.75, 3.05) is 13.6 Å². The topological polar surface area (TPSA) is 40.7 Å². The third kappa shape index (κ3) is 3.20. The zero-order valence-electron chi connectivity index (χ0n) is 9.83. The number of hydrogen-bond donors (Lipinski definition) is 2. The highest BCUT2D eigenvalue weighted by Gasteiger charge is 1.97. The molecule has 3 heteroatoms. The SMILES string of the molecule is CNCCC#Cc1ccc(-c2ccn[nH]2)cc1. The van der Waals surface area contributed by atoms with E-state index in [0.29, 0.717) is 0 Å². The maximum absolute atomic E-state index is 3.93. The molecule has 2 N–H and O–H groups in total. The van der Waals surface area contributed by atoms with Crippen molar-refractivity contribution < 1.29 is 0 Å². The average molecular weight is 225 g/mol. The summed E-state index contributed by atoms with van der Waals surface area (Å²) in [7, 11) is 1.93. The normalized spacial score (nSPS) is 9.71. The Bertz CT molecular complexity index is 501. The maximum atomic E-state index is 3.93. The Morgan fingerprint density at radius 1 is 1.24 bits per heavy atom. The predicted octanol–water partition coefficient (Wildman–Crippen LogP) is 2.04. The lowest BCUT2D eigenvalue weighted by atomic mass is 10.1. The van der Waals surface area contributed by atoms with Crippen LogP contribution in [0.4, 0.5) is 0 Å². The molecule has 86 valence electrons.